The van der Waals surface area contributed by atoms with Crippen molar-refractivity contribution in [3.05, 3.63) is 52.3 Å². The smallest absolute Gasteiger partial charge is 0.274 e. The number of aryl methyl sites for hydroxylation is 1. The summed E-state index contributed by atoms with van der Waals surface area (Å²) >= 11 is 3.46. The number of halogens is 1. The average molecular weight is 377 g/mol. The second kappa shape index (κ2) is 8.08. The van der Waals surface area contributed by atoms with Gasteiger partial charge in [0.2, 0.25) is 0 Å². The lowest BCUT2D eigenvalue weighted by molar-refractivity contribution is 0.102. The summed E-state index contributed by atoms with van der Waals surface area (Å²) in [5, 5.41) is 6.15. The molecular weight excluding hydrogens is 356 g/mol. The van der Waals surface area contributed by atoms with Crippen molar-refractivity contribution in [1.82, 2.24) is 9.88 Å². The summed E-state index contributed by atoms with van der Waals surface area (Å²) in [6, 6.07) is 9.40. The first-order valence-electron chi connectivity index (χ1n) is 7.38. The predicted molar refractivity (Wildman–Crippen MR) is 98.1 cm³/mol. The Labute approximate surface area is 145 Å². The largest absolute Gasteiger partial charge is 0.384 e. The molecule has 2 rings (SSSR count). The van der Waals surface area contributed by atoms with Crippen LogP contribution in [-0.4, -0.2) is 43.0 Å². The van der Waals surface area contributed by atoms with Gasteiger partial charge in [0.1, 0.15) is 5.69 Å². The highest BCUT2D eigenvalue weighted by Gasteiger charge is 2.10. The number of hydrogen-bond donors (Lipinski definition) is 2. The summed E-state index contributed by atoms with van der Waals surface area (Å²) < 4.78 is 0.853. The van der Waals surface area contributed by atoms with E-state index in [0.717, 1.165) is 34.5 Å². The highest BCUT2D eigenvalue weighted by molar-refractivity contribution is 9.10. The van der Waals surface area contributed by atoms with Gasteiger partial charge in [0.15, 0.2) is 0 Å². The third-order valence-electron chi connectivity index (χ3n) is 3.25. The van der Waals surface area contributed by atoms with Gasteiger partial charge in [-0.25, -0.2) is 0 Å². The first kappa shape index (κ1) is 17.4. The topological polar surface area (TPSA) is 57.3 Å². The Morgan fingerprint density at radius 2 is 2.04 bits per heavy atom. The lowest BCUT2D eigenvalue weighted by Crippen LogP contribution is -2.21. The van der Waals surface area contributed by atoms with Gasteiger partial charge in [-0.2, -0.15) is 0 Å². The second-order valence-corrected chi connectivity index (χ2v) is 6.45. The third kappa shape index (κ3) is 5.33. The van der Waals surface area contributed by atoms with Crippen molar-refractivity contribution in [2.45, 2.75) is 6.92 Å². The molecule has 1 amide bonds. The number of anilines is 2. The fraction of sp³-hybridized carbons (Fsp3) is 0.294. The number of nitrogens with zero attached hydrogens (tertiary/aromatic N) is 2. The molecule has 0 aliphatic carbocycles. The molecule has 1 aromatic heterocycles. The monoisotopic (exact) mass is 376 g/mol. The minimum Gasteiger partial charge on any atom is -0.384 e. The molecule has 5 nitrogen and oxygen atoms in total. The first-order chi connectivity index (χ1) is 11.0. The number of likely N-dealkylation sites (N-methyl/N-ethyl adjacent to an activating group) is 1. The van der Waals surface area contributed by atoms with Crippen molar-refractivity contribution in [3.8, 4) is 0 Å². The van der Waals surface area contributed by atoms with Crippen LogP contribution in [0.3, 0.4) is 0 Å². The minimum absolute atomic E-state index is 0.231. The van der Waals surface area contributed by atoms with Gasteiger partial charge in [0.05, 0.1) is 5.69 Å². The van der Waals surface area contributed by atoms with E-state index in [1.165, 1.54) is 0 Å². The Hall–Kier alpha value is -1.92. The molecule has 6 heteroatoms. The maximum Gasteiger partial charge on any atom is 0.274 e. The summed E-state index contributed by atoms with van der Waals surface area (Å²) in [5.74, 6) is -0.231. The van der Waals surface area contributed by atoms with Crippen LogP contribution in [0.2, 0.25) is 0 Å². The molecule has 0 fully saturated rings. The van der Waals surface area contributed by atoms with E-state index in [-0.39, 0.29) is 5.91 Å². The number of carbonyl (C=O) groups excluding carboxylic acids is 1. The van der Waals surface area contributed by atoms with E-state index in [4.69, 9.17) is 0 Å². The summed E-state index contributed by atoms with van der Waals surface area (Å²) in [6.07, 6.45) is 1.64. The van der Waals surface area contributed by atoms with Crippen molar-refractivity contribution >= 4 is 33.2 Å². The fourth-order valence-corrected chi connectivity index (χ4v) is 2.59. The molecule has 0 unspecified atom stereocenters. The zero-order valence-electron chi connectivity index (χ0n) is 13.6. The van der Waals surface area contributed by atoms with Crippen molar-refractivity contribution in [2.75, 3.05) is 37.8 Å². The first-order valence-corrected chi connectivity index (χ1v) is 8.17. The summed E-state index contributed by atoms with van der Waals surface area (Å²) in [5.41, 5.74) is 3.12. The number of carbonyl (C=O) groups is 1. The maximum atomic E-state index is 12.4. The number of amides is 1. The Morgan fingerprint density at radius 3 is 2.74 bits per heavy atom. The predicted octanol–water partition coefficient (Wildman–Crippen LogP) is 3.38. The van der Waals surface area contributed by atoms with Crippen LogP contribution >= 0.6 is 15.9 Å². The molecule has 23 heavy (non-hydrogen) atoms. The molecule has 0 saturated heterocycles. The van der Waals surface area contributed by atoms with Crippen LogP contribution in [0.25, 0.3) is 0 Å². The van der Waals surface area contributed by atoms with Crippen LogP contribution in [0.1, 0.15) is 16.1 Å². The van der Waals surface area contributed by atoms with E-state index in [1.807, 2.05) is 45.3 Å². The highest BCUT2D eigenvalue weighted by Crippen LogP contribution is 2.24. The normalized spacial score (nSPS) is 10.7. The minimum atomic E-state index is -0.231. The van der Waals surface area contributed by atoms with Gasteiger partial charge in [0.25, 0.3) is 5.91 Å². The van der Waals surface area contributed by atoms with Crippen molar-refractivity contribution in [3.63, 3.8) is 0 Å². The van der Waals surface area contributed by atoms with E-state index in [9.17, 15) is 4.79 Å². The molecule has 1 heterocycles. The van der Waals surface area contributed by atoms with Gasteiger partial charge in [0, 0.05) is 29.4 Å². The number of rotatable bonds is 6. The fourth-order valence-electron chi connectivity index (χ4n) is 2.00. The Balaban J connectivity index is 2.04. The number of nitrogens with one attached hydrogen (secondary N) is 2. The van der Waals surface area contributed by atoms with Gasteiger partial charge in [-0.05, 0) is 66.8 Å². The van der Waals surface area contributed by atoms with Crippen LogP contribution in [0, 0.1) is 6.92 Å². The maximum absolute atomic E-state index is 12.4. The van der Waals surface area contributed by atoms with Crippen LogP contribution in [-0.2, 0) is 0 Å². The van der Waals surface area contributed by atoms with E-state index in [1.54, 1.807) is 12.3 Å². The molecule has 2 aromatic rings. The molecule has 0 atom stereocenters. The van der Waals surface area contributed by atoms with Crippen molar-refractivity contribution in [2.24, 2.45) is 0 Å². The molecule has 0 spiro atoms. The quantitative estimate of drug-likeness (QED) is 0.811. The SMILES string of the molecule is Cc1ccc(NC(=O)c2cc(NCCN(C)C)ccn2)c(Br)c1. The lowest BCUT2D eigenvalue weighted by atomic mass is 10.2. The highest BCUT2D eigenvalue weighted by atomic mass is 79.9. The van der Waals surface area contributed by atoms with E-state index in [0.29, 0.717) is 5.69 Å². The molecule has 122 valence electrons. The summed E-state index contributed by atoms with van der Waals surface area (Å²) in [4.78, 5) is 18.6. The van der Waals surface area contributed by atoms with Crippen LogP contribution in [0.4, 0.5) is 11.4 Å². The van der Waals surface area contributed by atoms with E-state index in [2.05, 4.69) is 36.4 Å². The zero-order chi connectivity index (χ0) is 16.8. The molecule has 2 N–H and O–H groups in total. The van der Waals surface area contributed by atoms with Gasteiger partial charge in [-0.3, -0.25) is 9.78 Å². The lowest BCUT2D eigenvalue weighted by Gasteiger charge is -2.12. The Morgan fingerprint density at radius 1 is 1.26 bits per heavy atom. The van der Waals surface area contributed by atoms with Crippen molar-refractivity contribution in [1.29, 1.82) is 0 Å². The summed E-state index contributed by atoms with van der Waals surface area (Å²) in [6.45, 7) is 3.72. The van der Waals surface area contributed by atoms with E-state index >= 15 is 0 Å². The third-order valence-corrected chi connectivity index (χ3v) is 3.91. The molecule has 0 aliphatic heterocycles. The average Bonchev–Trinajstić information content (AvgIpc) is 2.50. The van der Waals surface area contributed by atoms with Crippen LogP contribution in [0.5, 0.6) is 0 Å². The molecule has 0 aliphatic rings. The zero-order valence-corrected chi connectivity index (χ0v) is 15.1. The van der Waals surface area contributed by atoms with Crippen molar-refractivity contribution < 1.29 is 4.79 Å². The molecular formula is C17H21BrN4O. The van der Waals surface area contributed by atoms with E-state index < -0.39 is 0 Å². The molecule has 0 saturated carbocycles. The van der Waals surface area contributed by atoms with Gasteiger partial charge in [-0.1, -0.05) is 6.07 Å². The van der Waals surface area contributed by atoms with Gasteiger partial charge in [-0.15, -0.1) is 0 Å². The van der Waals surface area contributed by atoms with Crippen LogP contribution in [0.15, 0.2) is 41.0 Å². The van der Waals surface area contributed by atoms with Gasteiger partial charge >= 0.3 is 0 Å². The molecule has 1 aromatic carbocycles. The Bertz CT molecular complexity index is 688. The summed E-state index contributed by atoms with van der Waals surface area (Å²) in [7, 11) is 4.04. The molecule has 0 bridgehead atoms. The van der Waals surface area contributed by atoms with Gasteiger partial charge < -0.3 is 15.5 Å². The number of hydrogen-bond acceptors (Lipinski definition) is 4. The molecule has 0 radical (unpaired) electrons. The Kier molecular flexibility index (Phi) is 6.12. The van der Waals surface area contributed by atoms with Crippen LogP contribution < -0.4 is 10.6 Å². The number of benzene rings is 1. The number of pyridine rings is 1. The number of aromatic nitrogens is 1. The standard InChI is InChI=1S/C17H21BrN4O/c1-12-4-5-15(14(18)10-12)21-17(23)16-11-13(6-7-20-16)19-8-9-22(2)3/h4-7,10-11H,8-9H2,1-3H3,(H,19,20)(H,21,23). The second-order valence-electron chi connectivity index (χ2n) is 5.60.